The van der Waals surface area contributed by atoms with Gasteiger partial charge in [-0.2, -0.15) is 4.99 Å². The van der Waals surface area contributed by atoms with Crippen LogP contribution < -0.4 is 0 Å². The summed E-state index contributed by atoms with van der Waals surface area (Å²) in [4.78, 5) is 8.33. The Bertz CT molecular complexity index is 535. The molecule has 0 aromatic heterocycles. The Morgan fingerprint density at radius 1 is 1.17 bits per heavy atom. The molecule has 0 unspecified atom stereocenters. The monoisotopic (exact) mass is 276 g/mol. The minimum Gasteiger partial charge on any atom is -0.221 e. The number of hydrogen-bond acceptors (Lipinski definition) is 4. The average molecular weight is 276 g/mol. The first kappa shape index (κ1) is 14.9. The van der Waals surface area contributed by atoms with Gasteiger partial charge in [0.15, 0.2) is 0 Å². The van der Waals surface area contributed by atoms with E-state index in [0.29, 0.717) is 5.92 Å². The third-order valence-corrected chi connectivity index (χ3v) is 3.02. The smallest absolute Gasteiger partial charge is 0.0924 e. The Balaban J connectivity index is 3.45. The van der Waals surface area contributed by atoms with Gasteiger partial charge in [0.2, 0.25) is 0 Å². The highest BCUT2D eigenvalue weighted by Gasteiger charge is 2.23. The van der Waals surface area contributed by atoms with E-state index in [-0.39, 0.29) is 0 Å². The van der Waals surface area contributed by atoms with Gasteiger partial charge in [-0.15, -0.1) is 0 Å². The molecule has 0 aliphatic carbocycles. The average Bonchev–Trinajstić information content (AvgIpc) is 2.29. The molecule has 0 fully saturated rings. The number of rotatable bonds is 4. The van der Waals surface area contributed by atoms with Crippen molar-refractivity contribution in [2.24, 2.45) is 9.98 Å². The van der Waals surface area contributed by atoms with Crippen molar-refractivity contribution in [2.45, 2.75) is 39.2 Å². The number of benzene rings is 1. The highest BCUT2D eigenvalue weighted by Crippen LogP contribution is 2.34. The first-order valence-corrected chi connectivity index (χ1v) is 6.55. The minimum absolute atomic E-state index is 0.440. The van der Waals surface area contributed by atoms with Crippen LogP contribution in [-0.2, 0) is 5.54 Å². The van der Waals surface area contributed by atoms with Crippen molar-refractivity contribution in [3.8, 4) is 0 Å². The molecule has 4 heteroatoms. The van der Waals surface area contributed by atoms with Crippen LogP contribution in [0.15, 0.2) is 28.2 Å². The largest absolute Gasteiger partial charge is 0.221 e. The fraction of sp³-hybridized carbons (Fsp3) is 0.429. The molecule has 0 aliphatic heterocycles. The van der Waals surface area contributed by atoms with Gasteiger partial charge in [0.25, 0.3) is 0 Å². The van der Waals surface area contributed by atoms with Gasteiger partial charge in [-0.1, -0.05) is 26.0 Å². The summed E-state index contributed by atoms with van der Waals surface area (Å²) in [5.41, 5.74) is 2.53. The molecular weight excluding hydrogens is 260 g/mol. The van der Waals surface area contributed by atoms with Crippen LogP contribution in [0.5, 0.6) is 0 Å². The van der Waals surface area contributed by atoms with Gasteiger partial charge in [0, 0.05) is 5.56 Å². The van der Waals surface area contributed by atoms with Crippen LogP contribution in [0.3, 0.4) is 0 Å². The third kappa shape index (κ3) is 3.41. The quantitative estimate of drug-likeness (QED) is 0.578. The van der Waals surface area contributed by atoms with Crippen LogP contribution >= 0.6 is 24.4 Å². The topological polar surface area (TPSA) is 24.7 Å². The van der Waals surface area contributed by atoms with E-state index in [9.17, 15) is 0 Å². The second-order valence-corrected chi connectivity index (χ2v) is 5.26. The van der Waals surface area contributed by atoms with Crippen LogP contribution in [0.4, 0.5) is 5.69 Å². The number of hydrogen-bond donors (Lipinski definition) is 0. The van der Waals surface area contributed by atoms with Gasteiger partial charge >= 0.3 is 0 Å². The minimum atomic E-state index is -0.456. The molecule has 1 rings (SSSR count). The highest BCUT2D eigenvalue weighted by atomic mass is 32.1. The number of isothiocyanates is 2. The van der Waals surface area contributed by atoms with Crippen LogP contribution in [-0.4, -0.2) is 10.3 Å². The predicted octanol–water partition coefficient (Wildman–Crippen LogP) is 4.88. The maximum atomic E-state index is 4.71. The lowest BCUT2D eigenvalue weighted by molar-refractivity contribution is 0.563. The SMILES string of the molecule is CC(C)c1ccc(C(C)(C)N=C=S)c(N=C=S)c1. The summed E-state index contributed by atoms with van der Waals surface area (Å²) in [5, 5.41) is 4.86. The van der Waals surface area contributed by atoms with Crippen LogP contribution in [0.25, 0.3) is 0 Å². The summed E-state index contributed by atoms with van der Waals surface area (Å²) in [6, 6.07) is 6.14. The van der Waals surface area contributed by atoms with Crippen molar-refractivity contribution in [1.82, 2.24) is 0 Å². The van der Waals surface area contributed by atoms with Gasteiger partial charge in [0.05, 0.1) is 21.5 Å². The lowest BCUT2D eigenvalue weighted by atomic mass is 9.90. The molecule has 0 bridgehead atoms. The molecule has 0 N–H and O–H groups in total. The summed E-state index contributed by atoms with van der Waals surface area (Å²) in [6.45, 7) is 8.22. The van der Waals surface area contributed by atoms with Crippen molar-refractivity contribution in [2.75, 3.05) is 0 Å². The van der Waals surface area contributed by atoms with Gasteiger partial charge in [-0.05, 0) is 55.8 Å². The molecule has 0 aliphatic rings. The van der Waals surface area contributed by atoms with Crippen molar-refractivity contribution in [3.63, 3.8) is 0 Å². The molecule has 0 radical (unpaired) electrons. The van der Waals surface area contributed by atoms with E-state index in [4.69, 9.17) is 24.4 Å². The van der Waals surface area contributed by atoms with Crippen LogP contribution in [0, 0.1) is 0 Å². The molecule has 94 valence electrons. The van der Waals surface area contributed by atoms with Gasteiger partial charge in [-0.3, -0.25) is 0 Å². The van der Waals surface area contributed by atoms with Gasteiger partial charge in [-0.25, -0.2) is 4.99 Å². The van der Waals surface area contributed by atoms with Gasteiger partial charge in [0.1, 0.15) is 0 Å². The van der Waals surface area contributed by atoms with E-state index >= 15 is 0 Å². The Hall–Kier alpha value is -1.18. The summed E-state index contributed by atoms with van der Waals surface area (Å²) < 4.78 is 0. The summed E-state index contributed by atoms with van der Waals surface area (Å²) in [7, 11) is 0. The van der Waals surface area contributed by atoms with E-state index in [1.54, 1.807) is 0 Å². The molecule has 1 aromatic rings. The maximum Gasteiger partial charge on any atom is 0.0924 e. The first-order valence-electron chi connectivity index (χ1n) is 5.73. The number of nitrogens with zero attached hydrogens (tertiary/aromatic N) is 2. The molecule has 2 nitrogen and oxygen atoms in total. The molecule has 0 amide bonds. The first-order chi connectivity index (χ1) is 8.42. The molecule has 18 heavy (non-hydrogen) atoms. The molecular formula is C14H16N2S2. The zero-order chi connectivity index (χ0) is 13.8. The van der Waals surface area contributed by atoms with E-state index in [1.165, 1.54) is 5.56 Å². The Morgan fingerprint density at radius 3 is 2.33 bits per heavy atom. The number of thiocarbonyl (C=S) groups is 2. The zero-order valence-corrected chi connectivity index (χ0v) is 12.7. The molecule has 0 spiro atoms. The van der Waals surface area contributed by atoms with E-state index < -0.39 is 5.54 Å². The summed E-state index contributed by atoms with van der Waals surface area (Å²) in [5.74, 6) is 0.440. The molecule has 1 aromatic carbocycles. The fourth-order valence-corrected chi connectivity index (χ4v) is 2.07. The van der Waals surface area contributed by atoms with E-state index in [0.717, 1.165) is 11.3 Å². The molecule has 0 atom stereocenters. The third-order valence-electron chi connectivity index (χ3n) is 2.84. The van der Waals surface area contributed by atoms with Crippen molar-refractivity contribution >= 4 is 40.4 Å². The van der Waals surface area contributed by atoms with E-state index in [2.05, 4.69) is 40.2 Å². The Morgan fingerprint density at radius 2 is 1.83 bits per heavy atom. The second kappa shape index (κ2) is 6.12. The Kier molecular flexibility index (Phi) is 5.06. The lowest BCUT2D eigenvalue weighted by Gasteiger charge is -2.21. The van der Waals surface area contributed by atoms with Crippen LogP contribution in [0.2, 0.25) is 0 Å². The zero-order valence-electron chi connectivity index (χ0n) is 11.0. The molecule has 0 saturated carbocycles. The van der Waals surface area contributed by atoms with E-state index in [1.807, 2.05) is 26.0 Å². The fourth-order valence-electron chi connectivity index (χ4n) is 1.74. The predicted molar refractivity (Wildman–Crippen MR) is 83.3 cm³/mol. The van der Waals surface area contributed by atoms with Crippen molar-refractivity contribution in [1.29, 1.82) is 0 Å². The normalized spacial score (nSPS) is 10.7. The Labute approximate surface area is 119 Å². The molecule has 0 saturated heterocycles. The summed E-state index contributed by atoms with van der Waals surface area (Å²) in [6.07, 6.45) is 0. The standard InChI is InChI=1S/C14H16N2S2/c1-10(2)11-5-6-12(13(7-11)15-8-17)14(3,4)16-9-18/h5-7,10H,1-4H3. The lowest BCUT2D eigenvalue weighted by Crippen LogP contribution is -2.13. The van der Waals surface area contributed by atoms with Gasteiger partial charge < -0.3 is 0 Å². The van der Waals surface area contributed by atoms with Crippen molar-refractivity contribution < 1.29 is 0 Å². The maximum absolute atomic E-state index is 4.71. The van der Waals surface area contributed by atoms with Crippen molar-refractivity contribution in [3.05, 3.63) is 29.3 Å². The van der Waals surface area contributed by atoms with Crippen LogP contribution in [0.1, 0.15) is 44.7 Å². The molecule has 0 heterocycles. The highest BCUT2D eigenvalue weighted by molar-refractivity contribution is 7.78. The second-order valence-electron chi connectivity index (χ2n) is 4.90. The number of aliphatic imine (C=N–C) groups is 2. The summed E-state index contributed by atoms with van der Waals surface area (Å²) >= 11 is 9.40.